The lowest BCUT2D eigenvalue weighted by Gasteiger charge is -2.36. The highest BCUT2D eigenvalue weighted by molar-refractivity contribution is 5.70. The first-order valence-electron chi connectivity index (χ1n) is 14.2. The number of rotatable bonds is 10. The van der Waals surface area contributed by atoms with E-state index in [9.17, 15) is 5.11 Å². The van der Waals surface area contributed by atoms with Crippen LogP contribution in [0.3, 0.4) is 0 Å². The molecular formula is C33H42N2O3. The standard InChI is InChI=1S/C33H42N2O3/c1-34(2)32-7-3-4-8-33(32)38-30-15-9-25(10-16-30)23-27-11-14-28(36)24-31(27)26-12-17-29(18-13-26)37-22-21-35-19-5-6-20-35/h9-18,24,32-33,36H,3-8,19-23H2,1-2H3. The van der Waals surface area contributed by atoms with E-state index in [-0.39, 0.29) is 11.9 Å². The van der Waals surface area contributed by atoms with E-state index in [2.05, 4.69) is 60.3 Å². The van der Waals surface area contributed by atoms with Crippen LogP contribution in [-0.4, -0.2) is 67.4 Å². The average Bonchev–Trinajstić information content (AvgIpc) is 3.45. The first-order chi connectivity index (χ1) is 18.5. The van der Waals surface area contributed by atoms with Gasteiger partial charge in [-0.1, -0.05) is 36.8 Å². The van der Waals surface area contributed by atoms with Crippen LogP contribution in [0.15, 0.2) is 66.7 Å². The molecule has 38 heavy (non-hydrogen) atoms. The van der Waals surface area contributed by atoms with E-state index in [1.54, 1.807) is 6.07 Å². The largest absolute Gasteiger partial charge is 0.508 e. The number of hydrogen-bond donors (Lipinski definition) is 1. The van der Waals surface area contributed by atoms with Gasteiger partial charge in [0.1, 0.15) is 30.0 Å². The van der Waals surface area contributed by atoms with Gasteiger partial charge in [-0.15, -0.1) is 0 Å². The minimum Gasteiger partial charge on any atom is -0.508 e. The van der Waals surface area contributed by atoms with Gasteiger partial charge in [-0.2, -0.15) is 0 Å². The maximum atomic E-state index is 10.2. The second-order valence-corrected chi connectivity index (χ2v) is 11.1. The molecule has 3 aromatic rings. The highest BCUT2D eigenvalue weighted by Gasteiger charge is 2.28. The van der Waals surface area contributed by atoms with Gasteiger partial charge in [-0.05, 0) is 124 Å². The molecule has 2 fully saturated rings. The summed E-state index contributed by atoms with van der Waals surface area (Å²) in [6.45, 7) is 4.08. The monoisotopic (exact) mass is 514 g/mol. The van der Waals surface area contributed by atoms with Crippen LogP contribution in [0.25, 0.3) is 11.1 Å². The molecule has 1 saturated heterocycles. The smallest absolute Gasteiger partial charge is 0.119 e. The van der Waals surface area contributed by atoms with Crippen LogP contribution in [-0.2, 0) is 6.42 Å². The van der Waals surface area contributed by atoms with Crippen molar-refractivity contribution in [1.82, 2.24) is 9.80 Å². The molecule has 2 unspecified atom stereocenters. The molecule has 1 N–H and O–H groups in total. The van der Waals surface area contributed by atoms with Gasteiger partial charge in [0.2, 0.25) is 0 Å². The number of likely N-dealkylation sites (N-methyl/N-ethyl adjacent to an activating group) is 1. The second-order valence-electron chi connectivity index (χ2n) is 11.1. The molecule has 0 radical (unpaired) electrons. The van der Waals surface area contributed by atoms with Crippen molar-refractivity contribution < 1.29 is 14.6 Å². The SMILES string of the molecule is CN(C)C1CCCCC1Oc1ccc(Cc2ccc(O)cc2-c2ccc(OCCN3CCCC3)cc2)cc1. The number of hydrogen-bond acceptors (Lipinski definition) is 5. The number of phenols is 1. The molecule has 0 amide bonds. The molecule has 202 valence electrons. The lowest BCUT2D eigenvalue weighted by atomic mass is 9.91. The third-order valence-electron chi connectivity index (χ3n) is 8.07. The first kappa shape index (κ1) is 26.6. The van der Waals surface area contributed by atoms with Crippen LogP contribution >= 0.6 is 0 Å². The summed E-state index contributed by atoms with van der Waals surface area (Å²) in [7, 11) is 4.31. The van der Waals surface area contributed by atoms with Crippen LogP contribution < -0.4 is 9.47 Å². The normalized spacial score (nSPS) is 20.1. The Bertz CT molecular complexity index is 1150. The number of aromatic hydroxyl groups is 1. The summed E-state index contributed by atoms with van der Waals surface area (Å²) in [5.41, 5.74) is 4.53. The van der Waals surface area contributed by atoms with Gasteiger partial charge < -0.3 is 19.5 Å². The zero-order valence-electron chi connectivity index (χ0n) is 22.9. The fraction of sp³-hybridized carbons (Fsp3) is 0.455. The molecule has 3 aromatic carbocycles. The average molecular weight is 515 g/mol. The summed E-state index contributed by atoms with van der Waals surface area (Å²) in [5.74, 6) is 2.11. The Balaban J connectivity index is 1.23. The third kappa shape index (κ3) is 6.89. The first-order valence-corrected chi connectivity index (χ1v) is 14.2. The number of nitrogens with zero attached hydrogens (tertiary/aromatic N) is 2. The van der Waals surface area contributed by atoms with Crippen molar-refractivity contribution >= 4 is 0 Å². The Kier molecular flexibility index (Phi) is 8.87. The molecule has 2 aliphatic rings. The predicted molar refractivity (Wildman–Crippen MR) is 154 cm³/mol. The maximum Gasteiger partial charge on any atom is 0.119 e. The summed E-state index contributed by atoms with van der Waals surface area (Å²) in [6.07, 6.45) is 8.48. The molecule has 0 spiro atoms. The number of phenolic OH excluding ortho intramolecular Hbond substituents is 1. The molecule has 0 bridgehead atoms. The third-order valence-corrected chi connectivity index (χ3v) is 8.07. The maximum absolute atomic E-state index is 10.2. The van der Waals surface area contributed by atoms with Gasteiger partial charge in [-0.3, -0.25) is 4.90 Å². The van der Waals surface area contributed by atoms with Crippen LogP contribution in [0.2, 0.25) is 0 Å². The molecule has 5 heteroatoms. The van der Waals surface area contributed by atoms with Crippen LogP contribution in [0.1, 0.15) is 49.7 Å². The summed E-state index contributed by atoms with van der Waals surface area (Å²) >= 11 is 0. The Labute approximate surface area is 228 Å². The van der Waals surface area contributed by atoms with Gasteiger partial charge in [-0.25, -0.2) is 0 Å². The van der Waals surface area contributed by atoms with E-state index in [1.807, 2.05) is 24.3 Å². The molecule has 1 aliphatic heterocycles. The zero-order chi connectivity index (χ0) is 26.3. The van der Waals surface area contributed by atoms with E-state index >= 15 is 0 Å². The quantitative estimate of drug-likeness (QED) is 0.340. The highest BCUT2D eigenvalue weighted by Crippen LogP contribution is 2.32. The molecular weight excluding hydrogens is 472 g/mol. The van der Waals surface area contributed by atoms with Crippen LogP contribution in [0, 0.1) is 0 Å². The van der Waals surface area contributed by atoms with E-state index < -0.39 is 0 Å². The van der Waals surface area contributed by atoms with Crippen molar-refractivity contribution in [3.8, 4) is 28.4 Å². The van der Waals surface area contributed by atoms with Gasteiger partial charge in [0.25, 0.3) is 0 Å². The van der Waals surface area contributed by atoms with Crippen molar-refractivity contribution in [2.45, 2.75) is 57.1 Å². The molecule has 2 atom stereocenters. The van der Waals surface area contributed by atoms with Crippen molar-refractivity contribution in [2.24, 2.45) is 0 Å². The van der Waals surface area contributed by atoms with E-state index in [4.69, 9.17) is 9.47 Å². The highest BCUT2D eigenvalue weighted by atomic mass is 16.5. The van der Waals surface area contributed by atoms with Crippen molar-refractivity contribution in [3.05, 3.63) is 77.9 Å². The van der Waals surface area contributed by atoms with E-state index in [1.165, 1.54) is 56.3 Å². The van der Waals surface area contributed by atoms with Crippen LogP contribution in [0.5, 0.6) is 17.2 Å². The lowest BCUT2D eigenvalue weighted by Crippen LogP contribution is -2.44. The molecule has 1 heterocycles. The summed E-state index contributed by atoms with van der Waals surface area (Å²) in [4.78, 5) is 4.76. The topological polar surface area (TPSA) is 45.2 Å². The van der Waals surface area contributed by atoms with Gasteiger partial charge in [0.05, 0.1) is 0 Å². The molecule has 5 nitrogen and oxygen atoms in total. The second kappa shape index (κ2) is 12.7. The Hall–Kier alpha value is -3.02. The number of ether oxygens (including phenoxy) is 2. The molecule has 5 rings (SSSR count). The summed E-state index contributed by atoms with van der Waals surface area (Å²) in [5, 5.41) is 10.2. The molecule has 0 aromatic heterocycles. The van der Waals surface area contributed by atoms with Crippen molar-refractivity contribution in [2.75, 3.05) is 40.3 Å². The summed E-state index contributed by atoms with van der Waals surface area (Å²) < 4.78 is 12.4. The number of likely N-dealkylation sites (tertiary alicyclic amines) is 1. The Morgan fingerprint density at radius 3 is 2.29 bits per heavy atom. The van der Waals surface area contributed by atoms with Gasteiger partial charge in [0, 0.05) is 12.6 Å². The Morgan fingerprint density at radius 1 is 0.842 bits per heavy atom. The van der Waals surface area contributed by atoms with E-state index in [0.29, 0.717) is 12.6 Å². The van der Waals surface area contributed by atoms with E-state index in [0.717, 1.165) is 42.0 Å². The minimum atomic E-state index is 0.250. The van der Waals surface area contributed by atoms with Gasteiger partial charge >= 0.3 is 0 Å². The Morgan fingerprint density at radius 2 is 1.55 bits per heavy atom. The van der Waals surface area contributed by atoms with Gasteiger partial charge in [0.15, 0.2) is 0 Å². The zero-order valence-corrected chi connectivity index (χ0v) is 22.9. The molecule has 1 aliphatic carbocycles. The fourth-order valence-corrected chi connectivity index (χ4v) is 5.90. The lowest BCUT2D eigenvalue weighted by molar-refractivity contribution is 0.0622. The number of benzene rings is 3. The predicted octanol–water partition coefficient (Wildman–Crippen LogP) is 6.38. The van der Waals surface area contributed by atoms with Crippen molar-refractivity contribution in [1.29, 1.82) is 0 Å². The molecule has 1 saturated carbocycles. The fourth-order valence-electron chi connectivity index (χ4n) is 5.90. The van der Waals surface area contributed by atoms with Crippen molar-refractivity contribution in [3.63, 3.8) is 0 Å². The minimum absolute atomic E-state index is 0.250. The van der Waals surface area contributed by atoms with Crippen LogP contribution in [0.4, 0.5) is 0 Å². The summed E-state index contributed by atoms with van der Waals surface area (Å²) in [6, 6.07) is 22.9.